The van der Waals surface area contributed by atoms with Gasteiger partial charge in [-0.15, -0.1) is 0 Å². The van der Waals surface area contributed by atoms with Gasteiger partial charge in [0.25, 0.3) is 5.91 Å². The maximum Gasteiger partial charge on any atom is 0.255 e. The van der Waals surface area contributed by atoms with Crippen LogP contribution >= 0.6 is 0 Å². The second-order valence-corrected chi connectivity index (χ2v) is 5.41. The van der Waals surface area contributed by atoms with Crippen molar-refractivity contribution in [1.29, 1.82) is 5.26 Å². The number of nitrogens with zero attached hydrogens (tertiary/aromatic N) is 2. The summed E-state index contributed by atoms with van der Waals surface area (Å²) in [6.45, 7) is 1.74. The number of hydrogen-bond donors (Lipinski definition) is 0. The van der Waals surface area contributed by atoms with E-state index in [1.165, 1.54) is 4.90 Å². The zero-order valence-electron chi connectivity index (χ0n) is 13.0. The van der Waals surface area contributed by atoms with E-state index >= 15 is 0 Å². The van der Waals surface area contributed by atoms with E-state index in [1.807, 2.05) is 30.3 Å². The predicted molar refractivity (Wildman–Crippen MR) is 88.0 cm³/mol. The molecule has 4 nitrogen and oxygen atoms in total. The van der Waals surface area contributed by atoms with Gasteiger partial charge in [0.15, 0.2) is 5.54 Å². The Morgan fingerprint density at radius 2 is 1.74 bits per heavy atom. The second kappa shape index (κ2) is 5.62. The highest BCUT2D eigenvalue weighted by molar-refractivity contribution is 6.10. The Hall–Kier alpha value is -3.06. The lowest BCUT2D eigenvalue weighted by Gasteiger charge is -2.32. The number of amides is 1. The van der Waals surface area contributed by atoms with E-state index in [-0.39, 0.29) is 5.91 Å². The number of hydrogen-bond acceptors (Lipinski definition) is 3. The van der Waals surface area contributed by atoms with Crippen LogP contribution in [0.25, 0.3) is 0 Å². The number of nitriles is 1. The van der Waals surface area contributed by atoms with Crippen LogP contribution in [0.2, 0.25) is 0 Å². The fourth-order valence-corrected chi connectivity index (χ4v) is 2.88. The zero-order chi connectivity index (χ0) is 16.4. The van der Waals surface area contributed by atoms with E-state index < -0.39 is 5.54 Å². The van der Waals surface area contributed by atoms with Crippen molar-refractivity contribution in [2.24, 2.45) is 0 Å². The molecule has 4 heteroatoms. The first-order valence-corrected chi connectivity index (χ1v) is 7.27. The van der Waals surface area contributed by atoms with Gasteiger partial charge in [-0.25, -0.2) is 0 Å². The first kappa shape index (κ1) is 14.9. The SMILES string of the molecule is COc1ccc(N2C(=O)C(C)=CC2(C#N)c2ccccc2)cc1. The summed E-state index contributed by atoms with van der Waals surface area (Å²) in [5.41, 5.74) is 0.862. The molecule has 3 rings (SSSR count). The molecule has 1 heterocycles. The number of ether oxygens (including phenoxy) is 1. The molecular weight excluding hydrogens is 288 g/mol. The lowest BCUT2D eigenvalue weighted by Crippen LogP contribution is -2.43. The number of anilines is 1. The zero-order valence-corrected chi connectivity index (χ0v) is 13.0. The smallest absolute Gasteiger partial charge is 0.255 e. The maximum atomic E-state index is 12.7. The summed E-state index contributed by atoms with van der Waals surface area (Å²) in [6, 6.07) is 18.8. The fraction of sp³-hybridized carbons (Fsp3) is 0.158. The topological polar surface area (TPSA) is 53.3 Å². The Morgan fingerprint density at radius 1 is 1.09 bits per heavy atom. The van der Waals surface area contributed by atoms with Gasteiger partial charge in [0, 0.05) is 11.3 Å². The third kappa shape index (κ3) is 2.27. The van der Waals surface area contributed by atoms with E-state index in [2.05, 4.69) is 6.07 Å². The van der Waals surface area contributed by atoms with E-state index in [0.29, 0.717) is 17.0 Å². The molecule has 1 unspecified atom stereocenters. The highest BCUT2D eigenvalue weighted by Gasteiger charge is 2.46. The summed E-state index contributed by atoms with van der Waals surface area (Å²) < 4.78 is 5.16. The highest BCUT2D eigenvalue weighted by atomic mass is 16.5. The first-order valence-electron chi connectivity index (χ1n) is 7.27. The van der Waals surface area contributed by atoms with Crippen molar-refractivity contribution in [2.45, 2.75) is 12.5 Å². The van der Waals surface area contributed by atoms with Crippen LogP contribution in [0.1, 0.15) is 12.5 Å². The van der Waals surface area contributed by atoms with Crippen LogP contribution in [-0.4, -0.2) is 13.0 Å². The lowest BCUT2D eigenvalue weighted by molar-refractivity contribution is -0.115. The molecule has 0 aromatic heterocycles. The molecular formula is C19H16N2O2. The molecule has 1 aliphatic heterocycles. The minimum absolute atomic E-state index is 0.166. The Bertz CT molecular complexity index is 804. The van der Waals surface area contributed by atoms with Gasteiger partial charge in [0.1, 0.15) is 11.8 Å². The van der Waals surface area contributed by atoms with Crippen molar-refractivity contribution >= 4 is 11.6 Å². The molecule has 1 amide bonds. The minimum Gasteiger partial charge on any atom is -0.497 e. The molecule has 0 bridgehead atoms. The molecule has 1 aliphatic rings. The molecule has 1 atom stereocenters. The van der Waals surface area contributed by atoms with E-state index in [4.69, 9.17) is 4.74 Å². The predicted octanol–water partition coefficient (Wildman–Crippen LogP) is 3.41. The molecule has 0 N–H and O–H groups in total. The Kier molecular flexibility index (Phi) is 3.63. The molecule has 0 fully saturated rings. The molecule has 23 heavy (non-hydrogen) atoms. The van der Waals surface area contributed by atoms with Gasteiger partial charge in [0.2, 0.25) is 0 Å². The van der Waals surface area contributed by atoms with Crippen molar-refractivity contribution in [1.82, 2.24) is 0 Å². The van der Waals surface area contributed by atoms with Crippen molar-refractivity contribution in [3.05, 3.63) is 71.8 Å². The van der Waals surface area contributed by atoms with Crippen molar-refractivity contribution in [3.63, 3.8) is 0 Å². The van der Waals surface area contributed by atoms with Crippen LogP contribution in [0.3, 0.4) is 0 Å². The van der Waals surface area contributed by atoms with Gasteiger partial charge in [-0.3, -0.25) is 9.69 Å². The number of rotatable bonds is 3. The summed E-state index contributed by atoms with van der Waals surface area (Å²) in [6.07, 6.45) is 1.73. The molecule has 0 saturated heterocycles. The second-order valence-electron chi connectivity index (χ2n) is 5.41. The molecule has 0 radical (unpaired) electrons. The van der Waals surface area contributed by atoms with E-state index in [9.17, 15) is 10.1 Å². The third-order valence-corrected chi connectivity index (χ3v) is 4.03. The average molecular weight is 304 g/mol. The van der Waals surface area contributed by atoms with E-state index in [1.54, 1.807) is 44.4 Å². The van der Waals surface area contributed by atoms with Crippen LogP contribution < -0.4 is 9.64 Å². The fourth-order valence-electron chi connectivity index (χ4n) is 2.88. The Morgan fingerprint density at radius 3 is 2.30 bits per heavy atom. The van der Waals surface area contributed by atoms with Crippen LogP contribution in [0, 0.1) is 11.3 Å². The number of carbonyl (C=O) groups is 1. The van der Waals surface area contributed by atoms with Crippen molar-refractivity contribution in [2.75, 3.05) is 12.0 Å². The van der Waals surface area contributed by atoms with Gasteiger partial charge >= 0.3 is 0 Å². The van der Waals surface area contributed by atoms with Crippen molar-refractivity contribution < 1.29 is 9.53 Å². The minimum atomic E-state index is -1.13. The standard InChI is InChI=1S/C19H16N2O2/c1-14-12-19(13-20,15-6-4-3-5-7-15)21(18(14)22)16-8-10-17(23-2)11-9-16/h3-12H,1-2H3. The maximum absolute atomic E-state index is 12.7. The summed E-state index contributed by atoms with van der Waals surface area (Å²) in [7, 11) is 1.59. The van der Waals surface area contributed by atoms with Gasteiger partial charge in [-0.1, -0.05) is 30.3 Å². The van der Waals surface area contributed by atoms with Crippen LogP contribution in [0.15, 0.2) is 66.2 Å². The van der Waals surface area contributed by atoms with Gasteiger partial charge in [-0.2, -0.15) is 5.26 Å². The molecule has 0 spiro atoms. The molecule has 0 aliphatic carbocycles. The van der Waals surface area contributed by atoms with Crippen molar-refractivity contribution in [3.8, 4) is 11.8 Å². The number of carbonyl (C=O) groups excluding carboxylic acids is 1. The number of methoxy groups -OCH3 is 1. The monoisotopic (exact) mass is 304 g/mol. The largest absolute Gasteiger partial charge is 0.497 e. The lowest BCUT2D eigenvalue weighted by atomic mass is 9.90. The first-order chi connectivity index (χ1) is 11.1. The molecule has 0 saturated carbocycles. The molecule has 2 aromatic carbocycles. The number of benzene rings is 2. The van der Waals surface area contributed by atoms with Gasteiger partial charge in [-0.05, 0) is 42.8 Å². The third-order valence-electron chi connectivity index (χ3n) is 4.03. The van der Waals surface area contributed by atoms with E-state index in [0.717, 1.165) is 5.56 Å². The summed E-state index contributed by atoms with van der Waals surface area (Å²) >= 11 is 0. The van der Waals surface area contributed by atoms with Crippen LogP contribution in [0.5, 0.6) is 5.75 Å². The molecule has 114 valence electrons. The quantitative estimate of drug-likeness (QED) is 0.873. The van der Waals surface area contributed by atoms with Gasteiger partial charge < -0.3 is 4.74 Å². The summed E-state index contributed by atoms with van der Waals surface area (Å²) in [5, 5.41) is 9.92. The van der Waals surface area contributed by atoms with Gasteiger partial charge in [0.05, 0.1) is 7.11 Å². The molecule has 2 aromatic rings. The average Bonchev–Trinajstić information content (AvgIpc) is 2.87. The summed E-state index contributed by atoms with van der Waals surface area (Å²) in [5.74, 6) is 0.535. The van der Waals surface area contributed by atoms with Crippen LogP contribution in [0.4, 0.5) is 5.69 Å². The Balaban J connectivity index is 2.16. The normalized spacial score (nSPS) is 20.1. The summed E-state index contributed by atoms with van der Waals surface area (Å²) in [4.78, 5) is 14.2. The highest BCUT2D eigenvalue weighted by Crippen LogP contribution is 2.41. The van der Waals surface area contributed by atoms with Crippen LogP contribution in [-0.2, 0) is 10.3 Å². The Labute approximate surface area is 135 Å².